The summed E-state index contributed by atoms with van der Waals surface area (Å²) in [7, 11) is 0. The minimum atomic E-state index is -0.512. The van der Waals surface area contributed by atoms with Crippen LogP contribution in [0, 0.1) is 17.7 Å². The highest BCUT2D eigenvalue weighted by molar-refractivity contribution is 5.96. The van der Waals surface area contributed by atoms with Crippen molar-refractivity contribution in [1.29, 1.82) is 0 Å². The first-order chi connectivity index (χ1) is 9.70. The lowest BCUT2D eigenvalue weighted by atomic mass is 10.1. The largest absolute Gasteiger partial charge is 0.384 e. The number of amides is 1. The minimum Gasteiger partial charge on any atom is -0.384 e. The lowest BCUT2D eigenvalue weighted by Crippen LogP contribution is -2.24. The Hall–Kier alpha value is -2.79. The molecule has 1 amide bonds. The molecule has 2 aromatic rings. The first-order valence-electron chi connectivity index (χ1n) is 5.60. The number of aliphatic hydroxyl groups excluding tert-OH is 1. The summed E-state index contributed by atoms with van der Waals surface area (Å²) in [6.07, 6.45) is 0. The van der Waals surface area contributed by atoms with Crippen LogP contribution in [0.2, 0.25) is 0 Å². The van der Waals surface area contributed by atoms with E-state index < -0.39 is 11.7 Å². The molecule has 0 radical (unpaired) electrons. The van der Waals surface area contributed by atoms with Crippen LogP contribution < -0.4 is 5.32 Å². The van der Waals surface area contributed by atoms with Gasteiger partial charge in [0.2, 0.25) is 0 Å². The third-order valence-electron chi connectivity index (χ3n) is 2.32. The van der Waals surface area contributed by atoms with E-state index in [-0.39, 0.29) is 24.3 Å². The van der Waals surface area contributed by atoms with Gasteiger partial charge in [0.05, 0.1) is 12.1 Å². The fourth-order valence-electron chi connectivity index (χ4n) is 1.46. The van der Waals surface area contributed by atoms with Gasteiger partial charge in [-0.2, -0.15) is 5.21 Å². The van der Waals surface area contributed by atoms with Crippen LogP contribution in [0.15, 0.2) is 18.2 Å². The number of nitrogens with one attached hydrogen (secondary N) is 2. The molecule has 0 fully saturated rings. The normalized spacial score (nSPS) is 9.70. The molecule has 3 N–H and O–H groups in total. The maximum Gasteiger partial charge on any atom is 0.252 e. The van der Waals surface area contributed by atoms with E-state index in [1.165, 1.54) is 6.07 Å². The summed E-state index contributed by atoms with van der Waals surface area (Å²) < 4.78 is 13.2. The molecule has 0 saturated heterocycles. The number of halogens is 1. The molecule has 1 heterocycles. The zero-order valence-corrected chi connectivity index (χ0v) is 10.2. The topological polar surface area (TPSA) is 104 Å². The Bertz CT molecular complexity index is 660. The molecule has 0 spiro atoms. The number of hydrogen-bond donors (Lipinski definition) is 3. The third-order valence-corrected chi connectivity index (χ3v) is 2.32. The van der Waals surface area contributed by atoms with E-state index in [4.69, 9.17) is 5.11 Å². The Morgan fingerprint density at radius 2 is 2.35 bits per heavy atom. The Balaban J connectivity index is 2.16. The van der Waals surface area contributed by atoms with Gasteiger partial charge in [0.25, 0.3) is 5.91 Å². The van der Waals surface area contributed by atoms with Crippen LogP contribution >= 0.6 is 0 Å². The van der Waals surface area contributed by atoms with Gasteiger partial charge in [-0.05, 0) is 18.2 Å². The van der Waals surface area contributed by atoms with Gasteiger partial charge in [-0.15, -0.1) is 10.2 Å². The van der Waals surface area contributed by atoms with Gasteiger partial charge < -0.3 is 10.4 Å². The molecule has 2 rings (SSSR count). The molecule has 0 saturated carbocycles. The van der Waals surface area contributed by atoms with E-state index in [9.17, 15) is 9.18 Å². The van der Waals surface area contributed by atoms with Crippen molar-refractivity contribution >= 4 is 5.91 Å². The van der Waals surface area contributed by atoms with Gasteiger partial charge in [0.1, 0.15) is 12.4 Å². The number of aromatic nitrogens is 4. The maximum absolute atomic E-state index is 13.2. The summed E-state index contributed by atoms with van der Waals surface area (Å²) in [6.45, 7) is -0.292. The molecule has 102 valence electrons. The lowest BCUT2D eigenvalue weighted by Gasteiger charge is -2.05. The zero-order chi connectivity index (χ0) is 14.4. The van der Waals surface area contributed by atoms with Crippen molar-refractivity contribution in [1.82, 2.24) is 25.9 Å². The fourth-order valence-corrected chi connectivity index (χ4v) is 1.46. The second-order valence-corrected chi connectivity index (χ2v) is 3.66. The Morgan fingerprint density at radius 3 is 3.05 bits per heavy atom. The number of carbonyl (C=O) groups is 1. The van der Waals surface area contributed by atoms with Crippen molar-refractivity contribution in [2.45, 2.75) is 6.54 Å². The predicted octanol–water partition coefficient (Wildman–Crippen LogP) is -0.387. The first kappa shape index (κ1) is 13.6. The average Bonchev–Trinajstić information content (AvgIpc) is 2.96. The maximum atomic E-state index is 13.2. The molecule has 1 aromatic heterocycles. The third kappa shape index (κ3) is 3.37. The molecule has 8 heteroatoms. The minimum absolute atomic E-state index is 0.0829. The highest BCUT2D eigenvalue weighted by atomic mass is 19.1. The first-order valence-corrected chi connectivity index (χ1v) is 5.60. The fraction of sp³-hybridized carbons (Fsp3) is 0.167. The molecule has 1 aromatic carbocycles. The van der Waals surface area contributed by atoms with Crippen LogP contribution in [0.3, 0.4) is 0 Å². The van der Waals surface area contributed by atoms with E-state index in [1.807, 2.05) is 0 Å². The molecule has 0 aliphatic rings. The van der Waals surface area contributed by atoms with Crippen LogP contribution in [0.1, 0.15) is 21.7 Å². The SMILES string of the molecule is O=C(NCc1nn[nH]n1)c1ccc(F)cc1C#CCO. The molecular formula is C12H10FN5O2. The average molecular weight is 275 g/mol. The van der Waals surface area contributed by atoms with E-state index in [1.54, 1.807) is 0 Å². The number of hydrogen-bond acceptors (Lipinski definition) is 5. The summed E-state index contributed by atoms with van der Waals surface area (Å²) in [6, 6.07) is 3.61. The molecule has 7 nitrogen and oxygen atoms in total. The number of carbonyl (C=O) groups excluding carboxylic acids is 1. The molecule has 0 unspecified atom stereocenters. The van der Waals surface area contributed by atoms with Gasteiger partial charge in [-0.1, -0.05) is 17.1 Å². The standard InChI is InChI=1S/C12H10FN5O2/c13-9-3-4-10(8(6-9)2-1-5-19)12(20)14-7-11-15-17-18-16-11/h3-4,6,19H,5,7H2,(H,14,20)(H,15,16,17,18). The van der Waals surface area contributed by atoms with Gasteiger partial charge >= 0.3 is 0 Å². The second-order valence-electron chi connectivity index (χ2n) is 3.66. The molecule has 0 aliphatic heterocycles. The zero-order valence-electron chi connectivity index (χ0n) is 10.2. The molecule has 20 heavy (non-hydrogen) atoms. The number of aliphatic hydroxyl groups is 1. The van der Waals surface area contributed by atoms with Gasteiger partial charge in [0.15, 0.2) is 5.82 Å². The molecule has 0 bridgehead atoms. The van der Waals surface area contributed by atoms with Crippen molar-refractivity contribution in [3.63, 3.8) is 0 Å². The van der Waals surface area contributed by atoms with E-state index in [0.717, 1.165) is 12.1 Å². The number of benzene rings is 1. The number of nitrogens with zero attached hydrogens (tertiary/aromatic N) is 3. The van der Waals surface area contributed by atoms with Crippen LogP contribution in [0.25, 0.3) is 0 Å². The number of rotatable bonds is 3. The van der Waals surface area contributed by atoms with E-state index >= 15 is 0 Å². The van der Waals surface area contributed by atoms with Gasteiger partial charge in [-0.3, -0.25) is 4.79 Å². The van der Waals surface area contributed by atoms with Crippen molar-refractivity contribution in [3.8, 4) is 11.8 Å². The van der Waals surface area contributed by atoms with Crippen LogP contribution in [-0.2, 0) is 6.54 Å². The summed E-state index contributed by atoms with van der Waals surface area (Å²) >= 11 is 0. The van der Waals surface area contributed by atoms with E-state index in [2.05, 4.69) is 37.8 Å². The van der Waals surface area contributed by atoms with Crippen molar-refractivity contribution < 1.29 is 14.3 Å². The Morgan fingerprint density at radius 1 is 1.50 bits per heavy atom. The Labute approximate surface area is 113 Å². The smallest absolute Gasteiger partial charge is 0.252 e. The quantitative estimate of drug-likeness (QED) is 0.662. The van der Waals surface area contributed by atoms with Gasteiger partial charge in [0, 0.05) is 5.56 Å². The second kappa shape index (κ2) is 6.40. The molecule has 0 aliphatic carbocycles. The van der Waals surface area contributed by atoms with E-state index in [0.29, 0.717) is 5.82 Å². The number of aromatic amines is 1. The summed E-state index contributed by atoms with van der Waals surface area (Å²) in [5.74, 6) is 4.27. The highest BCUT2D eigenvalue weighted by Crippen LogP contribution is 2.10. The summed E-state index contributed by atoms with van der Waals surface area (Å²) in [5, 5.41) is 24.2. The van der Waals surface area contributed by atoms with Gasteiger partial charge in [-0.25, -0.2) is 4.39 Å². The highest BCUT2D eigenvalue weighted by Gasteiger charge is 2.11. The summed E-state index contributed by atoms with van der Waals surface area (Å²) in [4.78, 5) is 12.0. The van der Waals surface area contributed by atoms with Crippen molar-refractivity contribution in [2.75, 3.05) is 6.61 Å². The Kier molecular flexibility index (Phi) is 4.36. The van der Waals surface area contributed by atoms with Crippen molar-refractivity contribution in [2.24, 2.45) is 0 Å². The monoisotopic (exact) mass is 275 g/mol. The van der Waals surface area contributed by atoms with Crippen LogP contribution in [-0.4, -0.2) is 38.2 Å². The van der Waals surface area contributed by atoms with Crippen LogP contribution in [0.4, 0.5) is 4.39 Å². The van der Waals surface area contributed by atoms with Crippen molar-refractivity contribution in [3.05, 3.63) is 41.0 Å². The number of H-pyrrole nitrogens is 1. The summed E-state index contributed by atoms with van der Waals surface area (Å²) in [5.41, 5.74) is 0.403. The lowest BCUT2D eigenvalue weighted by molar-refractivity contribution is 0.0949. The predicted molar refractivity (Wildman–Crippen MR) is 65.7 cm³/mol. The number of tetrazole rings is 1. The molecular weight excluding hydrogens is 265 g/mol. The van der Waals surface area contributed by atoms with Crippen LogP contribution in [0.5, 0.6) is 0 Å². The molecule has 0 atom stereocenters.